The van der Waals surface area contributed by atoms with Gasteiger partial charge in [-0.15, -0.1) is 0 Å². The van der Waals surface area contributed by atoms with Crippen LogP contribution in [-0.2, 0) is 19.6 Å². The molecule has 3 fully saturated rings. The Morgan fingerprint density at radius 2 is 1.60 bits per heavy atom. The van der Waals surface area contributed by atoms with Crippen molar-refractivity contribution in [1.29, 1.82) is 0 Å². The van der Waals surface area contributed by atoms with Crippen molar-refractivity contribution in [3.63, 3.8) is 0 Å². The Morgan fingerprint density at radius 3 is 2.05 bits per heavy atom. The molecule has 12 nitrogen and oxygen atoms in total. The molecule has 3 aliphatic rings. The standard InChI is InChI=1S/C29H54BN5O7S/c1-27(2,3)19(16-34(9)43(10,41)42)31-26(38)33-23(28(4,5)6)25(37)35-15-18-21(29(18,7)8)22(35)24(36)32-20(30(39)40)14-17-12-11-13-17/h17-23,39-40H,11-16H2,1-10H3,(H,32,36)(H2,31,33,38). The summed E-state index contributed by atoms with van der Waals surface area (Å²) in [6.45, 7) is 15.7. The molecule has 1 saturated heterocycles. The van der Waals surface area contributed by atoms with Gasteiger partial charge >= 0.3 is 13.1 Å². The van der Waals surface area contributed by atoms with Gasteiger partial charge < -0.3 is 30.9 Å². The molecule has 0 bridgehead atoms. The molecule has 0 aromatic heterocycles. The van der Waals surface area contributed by atoms with E-state index >= 15 is 0 Å². The van der Waals surface area contributed by atoms with Gasteiger partial charge in [0, 0.05) is 26.2 Å². The normalized spacial score (nSPS) is 25.7. The molecule has 1 heterocycles. The molecule has 1 aliphatic heterocycles. The van der Waals surface area contributed by atoms with Crippen molar-refractivity contribution >= 4 is 35.0 Å². The molecule has 3 rings (SSSR count). The maximum Gasteiger partial charge on any atom is 0.475 e. The number of piperidine rings is 1. The first-order valence-corrected chi connectivity index (χ1v) is 17.3. The monoisotopic (exact) mass is 627 g/mol. The van der Waals surface area contributed by atoms with E-state index in [2.05, 4.69) is 29.8 Å². The molecule has 43 heavy (non-hydrogen) atoms. The summed E-state index contributed by atoms with van der Waals surface area (Å²) in [5.41, 5.74) is -1.35. The van der Waals surface area contributed by atoms with Gasteiger partial charge in [0.2, 0.25) is 21.8 Å². The lowest BCUT2D eigenvalue weighted by atomic mass is 9.69. The first-order chi connectivity index (χ1) is 19.5. The molecule has 5 N–H and O–H groups in total. The number of nitrogens with zero attached hydrogens (tertiary/aromatic N) is 2. The number of likely N-dealkylation sites (N-methyl/N-ethyl adjacent to an activating group) is 1. The lowest BCUT2D eigenvalue weighted by Gasteiger charge is -2.39. The largest absolute Gasteiger partial charge is 0.475 e. The SMILES string of the molecule is CN(CC(NC(=O)NC(C(=O)N1CC2C(C1C(=O)NC(CC1CCC1)B(O)O)C2(C)C)C(C)(C)C)C(C)(C)C)S(C)(=O)=O. The first kappa shape index (κ1) is 35.6. The highest BCUT2D eigenvalue weighted by atomic mass is 32.2. The molecular weight excluding hydrogens is 573 g/mol. The second-order valence-electron chi connectivity index (χ2n) is 15.8. The van der Waals surface area contributed by atoms with Crippen LogP contribution in [0, 0.1) is 34.0 Å². The van der Waals surface area contributed by atoms with Gasteiger partial charge in [-0.2, -0.15) is 0 Å². The number of carbonyl (C=O) groups is 3. The number of likely N-dealkylation sites (tertiary alicyclic amines) is 1. The van der Waals surface area contributed by atoms with Crippen LogP contribution >= 0.6 is 0 Å². The predicted molar refractivity (Wildman–Crippen MR) is 166 cm³/mol. The van der Waals surface area contributed by atoms with E-state index in [0.717, 1.165) is 25.5 Å². The fourth-order valence-corrected chi connectivity index (χ4v) is 6.92. The summed E-state index contributed by atoms with van der Waals surface area (Å²) >= 11 is 0. The second-order valence-corrected chi connectivity index (χ2v) is 17.9. The Balaban J connectivity index is 1.80. The van der Waals surface area contributed by atoms with Crippen molar-refractivity contribution in [2.75, 3.05) is 26.4 Å². The highest BCUT2D eigenvalue weighted by molar-refractivity contribution is 7.88. The van der Waals surface area contributed by atoms with Crippen molar-refractivity contribution in [3.05, 3.63) is 0 Å². The van der Waals surface area contributed by atoms with Crippen LogP contribution in [0.4, 0.5) is 4.79 Å². The number of carbonyl (C=O) groups excluding carboxylic acids is 3. The lowest BCUT2D eigenvalue weighted by molar-refractivity contribution is -0.143. The van der Waals surface area contributed by atoms with Gasteiger partial charge in [-0.25, -0.2) is 17.5 Å². The van der Waals surface area contributed by atoms with E-state index in [-0.39, 0.29) is 29.7 Å². The zero-order valence-electron chi connectivity index (χ0n) is 27.6. The molecule has 0 radical (unpaired) electrons. The van der Waals surface area contributed by atoms with Crippen molar-refractivity contribution in [1.82, 2.24) is 25.2 Å². The number of hydrogen-bond donors (Lipinski definition) is 5. The Kier molecular flexibility index (Phi) is 10.3. The van der Waals surface area contributed by atoms with Crippen LogP contribution in [0.1, 0.15) is 81.1 Å². The van der Waals surface area contributed by atoms with Crippen molar-refractivity contribution in [3.8, 4) is 0 Å². The van der Waals surface area contributed by atoms with E-state index in [1.807, 2.05) is 41.5 Å². The summed E-state index contributed by atoms with van der Waals surface area (Å²) in [7, 11) is -3.73. The minimum absolute atomic E-state index is 0.0510. The molecule has 0 spiro atoms. The zero-order valence-corrected chi connectivity index (χ0v) is 28.4. The van der Waals surface area contributed by atoms with Crippen molar-refractivity contribution < 1.29 is 32.8 Å². The van der Waals surface area contributed by atoms with Gasteiger partial charge in [0.15, 0.2) is 0 Å². The molecule has 2 aliphatic carbocycles. The summed E-state index contributed by atoms with van der Waals surface area (Å²) in [5, 5.41) is 28.6. The molecule has 14 heteroatoms. The Hall–Kier alpha value is -1.90. The number of nitrogens with one attached hydrogen (secondary N) is 3. The van der Waals surface area contributed by atoms with E-state index in [9.17, 15) is 32.8 Å². The van der Waals surface area contributed by atoms with Gasteiger partial charge in [-0.1, -0.05) is 74.7 Å². The van der Waals surface area contributed by atoms with Crippen LogP contribution in [0.2, 0.25) is 0 Å². The average molecular weight is 628 g/mol. The summed E-state index contributed by atoms with van der Waals surface area (Å²) < 4.78 is 25.3. The van der Waals surface area contributed by atoms with Gasteiger partial charge in [0.1, 0.15) is 12.1 Å². The molecular formula is C29H54BN5O7S. The highest BCUT2D eigenvalue weighted by Gasteiger charge is 2.70. The number of hydrogen-bond acceptors (Lipinski definition) is 7. The quantitative estimate of drug-likeness (QED) is 0.214. The van der Waals surface area contributed by atoms with Crippen molar-refractivity contribution in [2.24, 2.45) is 34.0 Å². The fourth-order valence-electron chi connectivity index (χ4n) is 6.50. The number of rotatable bonds is 11. The fraction of sp³-hybridized carbons (Fsp3) is 0.897. The van der Waals surface area contributed by atoms with E-state index in [1.54, 1.807) is 4.90 Å². The molecule has 0 aromatic carbocycles. The average Bonchev–Trinajstić information content (AvgIpc) is 3.14. The van der Waals surface area contributed by atoms with Crippen LogP contribution in [-0.4, -0.2) is 103 Å². The summed E-state index contributed by atoms with van der Waals surface area (Å²) in [4.78, 5) is 42.8. The van der Waals surface area contributed by atoms with Crippen LogP contribution in [0.3, 0.4) is 0 Å². The Bertz CT molecular complexity index is 1160. The third-order valence-electron chi connectivity index (χ3n) is 10.0. The second kappa shape index (κ2) is 12.5. The minimum atomic E-state index is -3.48. The van der Waals surface area contributed by atoms with Crippen LogP contribution in [0.5, 0.6) is 0 Å². The summed E-state index contributed by atoms with van der Waals surface area (Å²) in [5.74, 6) is -1.24. The Labute approximate surface area is 258 Å². The minimum Gasteiger partial charge on any atom is -0.426 e. The molecule has 6 atom stereocenters. The number of sulfonamides is 1. The predicted octanol–water partition coefficient (Wildman–Crippen LogP) is 1.18. The third-order valence-corrected chi connectivity index (χ3v) is 11.3. The topological polar surface area (TPSA) is 168 Å². The van der Waals surface area contributed by atoms with Gasteiger partial charge in [0.05, 0.1) is 12.2 Å². The maximum atomic E-state index is 14.2. The maximum absolute atomic E-state index is 14.2. The number of amides is 4. The first-order valence-electron chi connectivity index (χ1n) is 15.4. The van der Waals surface area contributed by atoms with Crippen molar-refractivity contribution in [2.45, 2.75) is 105 Å². The number of urea groups is 1. The summed E-state index contributed by atoms with van der Waals surface area (Å²) in [6, 6.07) is -2.94. The van der Waals surface area contributed by atoms with E-state index in [0.29, 0.717) is 18.9 Å². The Morgan fingerprint density at radius 1 is 1.02 bits per heavy atom. The molecule has 0 aromatic rings. The highest BCUT2D eigenvalue weighted by Crippen LogP contribution is 2.65. The smallest absolute Gasteiger partial charge is 0.426 e. The van der Waals surface area contributed by atoms with Crippen LogP contribution in [0.25, 0.3) is 0 Å². The van der Waals surface area contributed by atoms with Gasteiger partial charge in [-0.05, 0) is 40.4 Å². The van der Waals surface area contributed by atoms with Gasteiger partial charge in [0.25, 0.3) is 0 Å². The molecule has 6 unspecified atom stereocenters. The molecule has 4 amide bonds. The lowest BCUT2D eigenvalue weighted by Crippen LogP contribution is -2.63. The molecule has 2 saturated carbocycles. The number of fused-ring (bicyclic) bond motifs is 1. The van der Waals surface area contributed by atoms with E-state index in [4.69, 9.17) is 0 Å². The zero-order chi connectivity index (χ0) is 32.9. The summed E-state index contributed by atoms with van der Waals surface area (Å²) in [6.07, 6.45) is 4.65. The third kappa shape index (κ3) is 8.23. The molecule has 246 valence electrons. The van der Waals surface area contributed by atoms with Gasteiger partial charge in [-0.3, -0.25) is 9.59 Å². The van der Waals surface area contributed by atoms with E-state index in [1.165, 1.54) is 11.4 Å². The van der Waals surface area contributed by atoms with E-state index < -0.39 is 64.0 Å². The van der Waals surface area contributed by atoms with Crippen LogP contribution < -0.4 is 16.0 Å². The van der Waals surface area contributed by atoms with Crippen LogP contribution in [0.15, 0.2) is 0 Å².